The molecule has 2 saturated heterocycles. The molecular formula is C40H39FN4O4. The summed E-state index contributed by atoms with van der Waals surface area (Å²) in [7, 11) is 0. The van der Waals surface area contributed by atoms with Gasteiger partial charge in [0.15, 0.2) is 0 Å². The van der Waals surface area contributed by atoms with Gasteiger partial charge in [-0.15, -0.1) is 0 Å². The van der Waals surface area contributed by atoms with E-state index in [1.54, 1.807) is 6.07 Å². The maximum Gasteiger partial charge on any atom is 0.258 e. The fraction of sp³-hybridized carbons (Fsp3) is 0.325. The van der Waals surface area contributed by atoms with Crippen LogP contribution in [0.2, 0.25) is 0 Å². The molecule has 250 valence electrons. The van der Waals surface area contributed by atoms with E-state index in [4.69, 9.17) is 0 Å². The van der Waals surface area contributed by atoms with Crippen molar-refractivity contribution in [1.29, 1.82) is 0 Å². The van der Waals surface area contributed by atoms with Crippen LogP contribution in [0.1, 0.15) is 74.8 Å². The number of piperidine rings is 1. The van der Waals surface area contributed by atoms with Gasteiger partial charge in [0, 0.05) is 57.3 Å². The summed E-state index contributed by atoms with van der Waals surface area (Å²) in [6.45, 7) is 4.05. The number of aryl methyl sites for hydroxylation is 1. The Morgan fingerprint density at radius 2 is 1.57 bits per heavy atom. The van der Waals surface area contributed by atoms with E-state index in [0.29, 0.717) is 23.8 Å². The van der Waals surface area contributed by atoms with Crippen LogP contribution in [-0.4, -0.2) is 64.8 Å². The number of nitrogens with zero attached hydrogens (tertiary/aromatic N) is 3. The number of amides is 3. The van der Waals surface area contributed by atoms with Crippen molar-refractivity contribution in [3.8, 4) is 5.75 Å². The summed E-state index contributed by atoms with van der Waals surface area (Å²) in [4.78, 5) is 43.2. The number of fused-ring (bicyclic) bond motifs is 2. The van der Waals surface area contributed by atoms with Gasteiger partial charge in [0.05, 0.1) is 5.56 Å². The molecule has 4 aromatic carbocycles. The zero-order valence-electron chi connectivity index (χ0n) is 27.3. The highest BCUT2D eigenvalue weighted by molar-refractivity contribution is 6.05. The van der Waals surface area contributed by atoms with Crippen LogP contribution in [-0.2, 0) is 29.1 Å². The zero-order valence-corrected chi connectivity index (χ0v) is 27.3. The van der Waals surface area contributed by atoms with E-state index in [1.165, 1.54) is 38.9 Å². The molecule has 1 unspecified atom stereocenters. The van der Waals surface area contributed by atoms with Crippen LogP contribution in [0.3, 0.4) is 0 Å². The van der Waals surface area contributed by atoms with Crippen molar-refractivity contribution in [3.05, 3.63) is 130 Å². The highest BCUT2D eigenvalue weighted by Crippen LogP contribution is 2.47. The molecule has 0 radical (unpaired) electrons. The van der Waals surface area contributed by atoms with Crippen LogP contribution >= 0.6 is 0 Å². The average molecular weight is 659 g/mol. The molecule has 8 rings (SSSR count). The van der Waals surface area contributed by atoms with Gasteiger partial charge in [0.1, 0.15) is 17.6 Å². The Balaban J connectivity index is 0.932. The summed E-state index contributed by atoms with van der Waals surface area (Å²) < 4.78 is 15.3. The molecule has 4 aliphatic rings. The topological polar surface area (TPSA) is 93.2 Å². The van der Waals surface area contributed by atoms with Crippen molar-refractivity contribution in [1.82, 2.24) is 15.1 Å². The van der Waals surface area contributed by atoms with Crippen molar-refractivity contribution in [3.63, 3.8) is 0 Å². The van der Waals surface area contributed by atoms with Crippen LogP contribution in [0.5, 0.6) is 5.75 Å². The SMILES string of the molecule is O=C1CCC(N2Cc3cc(CN4CCN(c5ccc([C@@H]6c7ccc(O)cc7CC[C@@H]6c6ccccc6)cc5)CC4)cc(F)c3C2=O)C(=O)N1. The van der Waals surface area contributed by atoms with Gasteiger partial charge in [-0.25, -0.2) is 4.39 Å². The zero-order chi connectivity index (χ0) is 33.6. The molecule has 0 spiro atoms. The van der Waals surface area contributed by atoms with Crippen molar-refractivity contribution >= 4 is 23.4 Å². The van der Waals surface area contributed by atoms with E-state index in [-0.39, 0.29) is 36.8 Å². The van der Waals surface area contributed by atoms with E-state index in [1.807, 2.05) is 12.1 Å². The number of benzene rings is 4. The number of phenols is 1. The largest absolute Gasteiger partial charge is 0.508 e. The van der Waals surface area contributed by atoms with E-state index in [9.17, 15) is 19.5 Å². The molecule has 1 aliphatic carbocycles. The van der Waals surface area contributed by atoms with Gasteiger partial charge in [0.25, 0.3) is 5.91 Å². The summed E-state index contributed by atoms with van der Waals surface area (Å²) >= 11 is 0. The molecule has 0 bridgehead atoms. The van der Waals surface area contributed by atoms with Crippen molar-refractivity contribution in [2.75, 3.05) is 31.1 Å². The van der Waals surface area contributed by atoms with Gasteiger partial charge in [-0.05, 0) is 88.9 Å². The second kappa shape index (κ2) is 12.8. The number of phenolic OH excluding ortho intramolecular Hbond substituents is 1. The van der Waals surface area contributed by atoms with E-state index in [2.05, 4.69) is 75.8 Å². The number of hydrogen-bond acceptors (Lipinski definition) is 6. The summed E-state index contributed by atoms with van der Waals surface area (Å²) in [6, 6.07) is 28.1. The van der Waals surface area contributed by atoms with Gasteiger partial charge in [-0.1, -0.05) is 54.6 Å². The minimum absolute atomic E-state index is 0.0340. The van der Waals surface area contributed by atoms with Gasteiger partial charge in [-0.2, -0.15) is 0 Å². The molecule has 3 atom stereocenters. The normalized spacial score (nSPS) is 22.6. The lowest BCUT2D eigenvalue weighted by atomic mass is 9.69. The third kappa shape index (κ3) is 5.97. The van der Waals surface area contributed by atoms with E-state index >= 15 is 4.39 Å². The van der Waals surface area contributed by atoms with Crippen LogP contribution < -0.4 is 10.2 Å². The lowest BCUT2D eigenvalue weighted by Crippen LogP contribution is -2.52. The molecule has 2 N–H and O–H groups in total. The smallest absolute Gasteiger partial charge is 0.258 e. The van der Waals surface area contributed by atoms with Crippen LogP contribution in [0.25, 0.3) is 0 Å². The van der Waals surface area contributed by atoms with Gasteiger partial charge >= 0.3 is 0 Å². The molecule has 8 nitrogen and oxygen atoms in total. The Morgan fingerprint density at radius 3 is 2.33 bits per heavy atom. The van der Waals surface area contributed by atoms with E-state index in [0.717, 1.165) is 44.6 Å². The summed E-state index contributed by atoms with van der Waals surface area (Å²) in [5.41, 5.74) is 7.73. The fourth-order valence-corrected chi connectivity index (χ4v) is 8.40. The molecule has 0 saturated carbocycles. The van der Waals surface area contributed by atoms with Gasteiger partial charge in [-0.3, -0.25) is 24.6 Å². The second-order valence-electron chi connectivity index (χ2n) is 13.8. The highest BCUT2D eigenvalue weighted by atomic mass is 19.1. The first-order chi connectivity index (χ1) is 23.8. The summed E-state index contributed by atoms with van der Waals surface area (Å²) in [5, 5.41) is 12.5. The third-order valence-electron chi connectivity index (χ3n) is 10.8. The predicted molar refractivity (Wildman–Crippen MR) is 184 cm³/mol. The number of carbonyl (C=O) groups excluding carboxylic acids is 3. The molecule has 3 amide bonds. The molecule has 2 fully saturated rings. The first kappa shape index (κ1) is 31.3. The molecule has 9 heteroatoms. The molecule has 3 heterocycles. The fourth-order valence-electron chi connectivity index (χ4n) is 8.40. The summed E-state index contributed by atoms with van der Waals surface area (Å²) in [5.74, 6) is -1.01. The monoisotopic (exact) mass is 658 g/mol. The quantitative estimate of drug-likeness (QED) is 0.267. The maximum atomic E-state index is 15.3. The second-order valence-corrected chi connectivity index (χ2v) is 13.8. The third-order valence-corrected chi connectivity index (χ3v) is 10.8. The van der Waals surface area contributed by atoms with Gasteiger partial charge < -0.3 is 14.9 Å². The first-order valence-corrected chi connectivity index (χ1v) is 17.2. The lowest BCUT2D eigenvalue weighted by molar-refractivity contribution is -0.136. The van der Waals surface area contributed by atoms with Crippen molar-refractivity contribution in [2.45, 2.75) is 56.7 Å². The van der Waals surface area contributed by atoms with E-state index < -0.39 is 23.7 Å². The van der Waals surface area contributed by atoms with Gasteiger partial charge in [0.2, 0.25) is 11.8 Å². The Kier molecular flexibility index (Phi) is 8.15. The van der Waals surface area contributed by atoms with Crippen LogP contribution in [0, 0.1) is 5.82 Å². The number of nitrogens with one attached hydrogen (secondary N) is 1. The Morgan fingerprint density at radius 1 is 0.796 bits per heavy atom. The number of halogens is 1. The van der Waals surface area contributed by atoms with Crippen LogP contribution in [0.15, 0.2) is 84.9 Å². The Labute approximate surface area is 285 Å². The number of anilines is 1. The summed E-state index contributed by atoms with van der Waals surface area (Å²) in [6.07, 6.45) is 2.38. The number of hydrogen-bond donors (Lipinski definition) is 2. The standard InChI is InChI=1S/C40H39FN4O4/c41-34-21-25(20-29-24-45(40(49)38(29)34)35-14-15-36(47)42-39(35)48)23-43-16-18-44(19-17-43)30-9-6-27(7-10-30)37-32(26-4-2-1-3-5-26)12-8-28-22-31(46)11-13-33(28)37/h1-7,9-11,13,20-22,32,35,37,46H,8,12,14-19,23-24H2,(H,42,47,48)/t32-,35?,37+/m1/s1. The number of piperazine rings is 1. The minimum Gasteiger partial charge on any atom is -0.508 e. The highest BCUT2D eigenvalue weighted by Gasteiger charge is 2.41. The number of carbonyl (C=O) groups is 3. The molecule has 0 aromatic heterocycles. The van der Waals surface area contributed by atoms with Crippen LogP contribution in [0.4, 0.5) is 10.1 Å². The molecular weight excluding hydrogens is 619 g/mol. The number of imide groups is 1. The maximum absolute atomic E-state index is 15.3. The molecule has 3 aliphatic heterocycles. The molecule has 49 heavy (non-hydrogen) atoms. The predicted octanol–water partition coefficient (Wildman–Crippen LogP) is 5.48. The number of rotatable bonds is 6. The van der Waals surface area contributed by atoms with Crippen molar-refractivity contribution in [2.24, 2.45) is 0 Å². The molecule has 4 aromatic rings. The average Bonchev–Trinajstić information content (AvgIpc) is 3.44. The minimum atomic E-state index is -0.763. The van der Waals surface area contributed by atoms with Crippen molar-refractivity contribution < 1.29 is 23.9 Å². The number of aromatic hydroxyl groups is 1. The Hall–Kier alpha value is -5.02. The first-order valence-electron chi connectivity index (χ1n) is 17.2. The lowest BCUT2D eigenvalue weighted by Gasteiger charge is -2.37. The Bertz CT molecular complexity index is 1920.